The number of nitrogens with zero attached hydrogens (tertiary/aromatic N) is 4. The van der Waals surface area contributed by atoms with E-state index in [2.05, 4.69) is 20.5 Å². The van der Waals surface area contributed by atoms with Crippen molar-refractivity contribution in [3.05, 3.63) is 58.0 Å². The largest absolute Gasteiger partial charge is 0.287 e. The van der Waals surface area contributed by atoms with Gasteiger partial charge in [-0.2, -0.15) is 5.10 Å². The molecule has 0 aliphatic rings. The standard InChI is InChI=1S/C12H11N5O2/c1-9-2-3-10(13-6-9)7-15-16-12-5-4-11(8-14-12)17(18)19/h2-8H,1H3,(H,14,16)/b15-7+. The van der Waals surface area contributed by atoms with Gasteiger partial charge >= 0.3 is 0 Å². The van der Waals surface area contributed by atoms with Gasteiger partial charge in [-0.3, -0.25) is 20.5 Å². The Hall–Kier alpha value is -2.83. The second kappa shape index (κ2) is 5.67. The number of hydrogen-bond acceptors (Lipinski definition) is 6. The molecule has 2 aromatic heterocycles. The third-order valence-electron chi connectivity index (χ3n) is 2.27. The van der Waals surface area contributed by atoms with Gasteiger partial charge in [-0.25, -0.2) is 4.98 Å². The van der Waals surface area contributed by atoms with Crippen LogP contribution in [0.3, 0.4) is 0 Å². The maximum atomic E-state index is 10.4. The van der Waals surface area contributed by atoms with Crippen LogP contribution in [0.1, 0.15) is 11.3 Å². The lowest BCUT2D eigenvalue weighted by Crippen LogP contribution is -1.96. The van der Waals surface area contributed by atoms with Crippen LogP contribution in [0.15, 0.2) is 41.8 Å². The predicted molar refractivity (Wildman–Crippen MR) is 71.1 cm³/mol. The van der Waals surface area contributed by atoms with Gasteiger partial charge in [0.2, 0.25) is 0 Å². The highest BCUT2D eigenvalue weighted by Gasteiger charge is 2.04. The molecule has 19 heavy (non-hydrogen) atoms. The summed E-state index contributed by atoms with van der Waals surface area (Å²) in [7, 11) is 0. The van der Waals surface area contributed by atoms with E-state index in [1.54, 1.807) is 12.4 Å². The highest BCUT2D eigenvalue weighted by atomic mass is 16.6. The van der Waals surface area contributed by atoms with E-state index in [9.17, 15) is 10.1 Å². The summed E-state index contributed by atoms with van der Waals surface area (Å²) in [4.78, 5) is 17.9. The number of pyridine rings is 2. The minimum Gasteiger partial charge on any atom is -0.261 e. The van der Waals surface area contributed by atoms with E-state index in [0.29, 0.717) is 11.5 Å². The molecular weight excluding hydrogens is 246 g/mol. The van der Waals surface area contributed by atoms with Crippen LogP contribution in [-0.2, 0) is 0 Å². The van der Waals surface area contributed by atoms with Gasteiger partial charge < -0.3 is 0 Å². The van der Waals surface area contributed by atoms with Gasteiger partial charge in [0.25, 0.3) is 5.69 Å². The molecule has 0 radical (unpaired) electrons. The molecular formula is C12H11N5O2. The summed E-state index contributed by atoms with van der Waals surface area (Å²) in [5.41, 5.74) is 4.39. The summed E-state index contributed by atoms with van der Waals surface area (Å²) in [6.45, 7) is 1.95. The fourth-order valence-electron chi connectivity index (χ4n) is 1.28. The molecule has 2 heterocycles. The molecule has 0 aromatic carbocycles. The quantitative estimate of drug-likeness (QED) is 0.514. The SMILES string of the molecule is Cc1ccc(/C=N/Nc2ccc([N+](=O)[O-])cn2)nc1. The molecule has 1 N–H and O–H groups in total. The van der Waals surface area contributed by atoms with Crippen molar-refractivity contribution in [3.8, 4) is 0 Å². The molecule has 0 aliphatic carbocycles. The Morgan fingerprint density at radius 2 is 2.11 bits per heavy atom. The summed E-state index contributed by atoms with van der Waals surface area (Å²) in [5, 5.41) is 14.4. The number of anilines is 1. The van der Waals surface area contributed by atoms with Gasteiger partial charge in [0.15, 0.2) is 0 Å². The van der Waals surface area contributed by atoms with Crippen LogP contribution in [0.5, 0.6) is 0 Å². The Balaban J connectivity index is 1.98. The molecule has 96 valence electrons. The summed E-state index contributed by atoms with van der Waals surface area (Å²) in [6, 6.07) is 6.61. The Morgan fingerprint density at radius 1 is 1.26 bits per heavy atom. The van der Waals surface area contributed by atoms with Crippen molar-refractivity contribution >= 4 is 17.7 Å². The molecule has 0 bridgehead atoms. The molecule has 2 rings (SSSR count). The lowest BCUT2D eigenvalue weighted by atomic mass is 10.3. The van der Waals surface area contributed by atoms with E-state index in [-0.39, 0.29) is 5.69 Å². The monoisotopic (exact) mass is 257 g/mol. The Labute approximate surface area is 109 Å². The van der Waals surface area contributed by atoms with E-state index in [1.165, 1.54) is 18.3 Å². The Bertz CT molecular complexity index is 593. The van der Waals surface area contributed by atoms with Crippen molar-refractivity contribution in [1.29, 1.82) is 0 Å². The first-order chi connectivity index (χ1) is 9.15. The lowest BCUT2D eigenvalue weighted by Gasteiger charge is -1.98. The summed E-state index contributed by atoms with van der Waals surface area (Å²) < 4.78 is 0. The van der Waals surface area contributed by atoms with Crippen LogP contribution in [0.4, 0.5) is 11.5 Å². The van der Waals surface area contributed by atoms with Crippen molar-refractivity contribution in [2.24, 2.45) is 5.10 Å². The first-order valence-electron chi connectivity index (χ1n) is 5.47. The molecule has 7 heteroatoms. The van der Waals surface area contributed by atoms with E-state index in [0.717, 1.165) is 5.56 Å². The van der Waals surface area contributed by atoms with Crippen LogP contribution in [0.25, 0.3) is 0 Å². The molecule has 0 fully saturated rings. The molecule has 0 saturated heterocycles. The van der Waals surface area contributed by atoms with Gasteiger partial charge in [0, 0.05) is 12.3 Å². The van der Waals surface area contributed by atoms with Crippen LogP contribution in [-0.4, -0.2) is 21.1 Å². The zero-order chi connectivity index (χ0) is 13.7. The van der Waals surface area contributed by atoms with Crippen LogP contribution < -0.4 is 5.43 Å². The van der Waals surface area contributed by atoms with Gasteiger partial charge in [0.05, 0.1) is 16.8 Å². The maximum absolute atomic E-state index is 10.4. The number of aromatic nitrogens is 2. The molecule has 0 saturated carbocycles. The number of nitrogens with one attached hydrogen (secondary N) is 1. The molecule has 0 atom stereocenters. The summed E-state index contributed by atoms with van der Waals surface area (Å²) in [5.74, 6) is 0.425. The smallest absolute Gasteiger partial charge is 0.261 e. The summed E-state index contributed by atoms with van der Waals surface area (Å²) in [6.07, 6.45) is 4.45. The van der Waals surface area contributed by atoms with Gasteiger partial charge in [0.1, 0.15) is 12.0 Å². The third kappa shape index (κ3) is 3.56. The van der Waals surface area contributed by atoms with E-state index >= 15 is 0 Å². The number of aryl methyl sites for hydroxylation is 1. The molecule has 0 spiro atoms. The Kier molecular flexibility index (Phi) is 3.77. The van der Waals surface area contributed by atoms with Crippen molar-refractivity contribution in [1.82, 2.24) is 9.97 Å². The molecule has 7 nitrogen and oxygen atoms in total. The van der Waals surface area contributed by atoms with Crippen molar-refractivity contribution in [2.45, 2.75) is 6.92 Å². The summed E-state index contributed by atoms with van der Waals surface area (Å²) >= 11 is 0. The molecule has 2 aromatic rings. The second-order valence-corrected chi connectivity index (χ2v) is 3.79. The first kappa shape index (κ1) is 12.6. The third-order valence-corrected chi connectivity index (χ3v) is 2.27. The minimum absolute atomic E-state index is 0.0604. The number of nitro groups is 1. The normalized spacial score (nSPS) is 10.6. The van der Waals surface area contributed by atoms with Gasteiger partial charge in [-0.1, -0.05) is 6.07 Å². The van der Waals surface area contributed by atoms with Gasteiger partial charge in [-0.05, 0) is 24.6 Å². The van der Waals surface area contributed by atoms with E-state index in [1.807, 2.05) is 19.1 Å². The van der Waals surface area contributed by atoms with E-state index < -0.39 is 4.92 Å². The first-order valence-corrected chi connectivity index (χ1v) is 5.47. The van der Waals surface area contributed by atoms with Crippen LogP contribution in [0, 0.1) is 17.0 Å². The second-order valence-electron chi connectivity index (χ2n) is 3.79. The highest BCUT2D eigenvalue weighted by Crippen LogP contribution is 2.11. The van der Waals surface area contributed by atoms with Crippen molar-refractivity contribution in [2.75, 3.05) is 5.43 Å². The van der Waals surface area contributed by atoms with Crippen LogP contribution in [0.2, 0.25) is 0 Å². The fourth-order valence-corrected chi connectivity index (χ4v) is 1.28. The minimum atomic E-state index is -0.504. The zero-order valence-electron chi connectivity index (χ0n) is 10.1. The van der Waals surface area contributed by atoms with Crippen LogP contribution >= 0.6 is 0 Å². The average Bonchev–Trinajstić information content (AvgIpc) is 2.41. The number of hydrogen-bond donors (Lipinski definition) is 1. The van der Waals surface area contributed by atoms with Crippen molar-refractivity contribution < 1.29 is 4.92 Å². The highest BCUT2D eigenvalue weighted by molar-refractivity contribution is 5.77. The lowest BCUT2D eigenvalue weighted by molar-refractivity contribution is -0.385. The predicted octanol–water partition coefficient (Wildman–Crippen LogP) is 2.14. The molecule has 0 amide bonds. The number of rotatable bonds is 4. The number of hydrazone groups is 1. The van der Waals surface area contributed by atoms with Gasteiger partial charge in [-0.15, -0.1) is 0 Å². The molecule has 0 aliphatic heterocycles. The van der Waals surface area contributed by atoms with E-state index in [4.69, 9.17) is 0 Å². The van der Waals surface area contributed by atoms with Crippen molar-refractivity contribution in [3.63, 3.8) is 0 Å². The topological polar surface area (TPSA) is 93.3 Å². The Morgan fingerprint density at radius 3 is 2.68 bits per heavy atom. The fraction of sp³-hybridized carbons (Fsp3) is 0.0833. The zero-order valence-corrected chi connectivity index (χ0v) is 10.1. The average molecular weight is 257 g/mol. The molecule has 0 unspecified atom stereocenters. The maximum Gasteiger partial charge on any atom is 0.287 e.